The molecule has 2 aromatic rings. The molecule has 1 aliphatic heterocycles. The highest BCUT2D eigenvalue weighted by Crippen LogP contribution is 2.37. The Hall–Kier alpha value is -1.61. The van der Waals surface area contributed by atoms with E-state index in [0.29, 0.717) is 17.7 Å². The smallest absolute Gasteiger partial charge is 0.170 e. The fraction of sp³-hybridized carbons (Fsp3) is 0.278. The van der Waals surface area contributed by atoms with Gasteiger partial charge in [-0.3, -0.25) is 4.79 Å². The van der Waals surface area contributed by atoms with Gasteiger partial charge in [0, 0.05) is 4.47 Å². The summed E-state index contributed by atoms with van der Waals surface area (Å²) in [5.74, 6) is 0.814. The van der Waals surface area contributed by atoms with Gasteiger partial charge in [-0.1, -0.05) is 28.1 Å². The van der Waals surface area contributed by atoms with Crippen LogP contribution in [0.4, 0.5) is 0 Å². The Morgan fingerprint density at radius 2 is 1.76 bits per heavy atom. The zero-order valence-electron chi connectivity index (χ0n) is 12.4. The van der Waals surface area contributed by atoms with Crippen molar-refractivity contribution in [3.63, 3.8) is 0 Å². The van der Waals surface area contributed by atoms with Crippen molar-refractivity contribution in [2.45, 2.75) is 33.3 Å². The standard InChI is InChI=1S/C18H17BrO2/c1-10-6-12(3)15(7-11(10)2)18-9-16(20)14-5-4-13(19)8-17(14)21-18/h4-8,18H,9H2,1-3H3. The van der Waals surface area contributed by atoms with E-state index >= 15 is 0 Å². The third-order valence-corrected chi connectivity index (χ3v) is 4.61. The van der Waals surface area contributed by atoms with Crippen molar-refractivity contribution < 1.29 is 9.53 Å². The van der Waals surface area contributed by atoms with E-state index in [2.05, 4.69) is 48.8 Å². The Morgan fingerprint density at radius 1 is 1.05 bits per heavy atom. The summed E-state index contributed by atoms with van der Waals surface area (Å²) in [4.78, 5) is 12.3. The molecule has 21 heavy (non-hydrogen) atoms. The van der Waals surface area contributed by atoms with Gasteiger partial charge in [0.2, 0.25) is 0 Å². The number of hydrogen-bond donors (Lipinski definition) is 0. The van der Waals surface area contributed by atoms with Crippen LogP contribution in [-0.2, 0) is 0 Å². The van der Waals surface area contributed by atoms with Gasteiger partial charge < -0.3 is 4.74 Å². The molecule has 108 valence electrons. The molecule has 2 nitrogen and oxygen atoms in total. The minimum atomic E-state index is -0.196. The average Bonchev–Trinajstić information content (AvgIpc) is 2.42. The predicted octanol–water partition coefficient (Wildman–Crippen LogP) is 5.08. The van der Waals surface area contributed by atoms with Gasteiger partial charge in [-0.15, -0.1) is 0 Å². The number of carbonyl (C=O) groups excluding carboxylic acids is 1. The maximum Gasteiger partial charge on any atom is 0.170 e. The number of fused-ring (bicyclic) bond motifs is 1. The Kier molecular flexibility index (Phi) is 3.62. The summed E-state index contributed by atoms with van der Waals surface area (Å²) in [6, 6.07) is 9.88. The molecule has 2 aromatic carbocycles. The Labute approximate surface area is 133 Å². The van der Waals surface area contributed by atoms with Gasteiger partial charge in [-0.2, -0.15) is 0 Å². The molecule has 0 saturated heterocycles. The summed E-state index contributed by atoms with van der Waals surface area (Å²) < 4.78 is 7.02. The Balaban J connectivity index is 2.03. The molecule has 0 fully saturated rings. The normalized spacial score (nSPS) is 17.3. The summed E-state index contributed by atoms with van der Waals surface area (Å²) in [7, 11) is 0. The second-order valence-corrected chi connectivity index (χ2v) is 6.58. The number of halogens is 1. The first kappa shape index (κ1) is 14.3. The second kappa shape index (κ2) is 5.30. The van der Waals surface area contributed by atoms with Gasteiger partial charge in [0.05, 0.1) is 12.0 Å². The summed E-state index contributed by atoms with van der Waals surface area (Å²) >= 11 is 3.43. The molecule has 0 aromatic heterocycles. The highest BCUT2D eigenvalue weighted by molar-refractivity contribution is 9.10. The van der Waals surface area contributed by atoms with E-state index in [-0.39, 0.29) is 11.9 Å². The molecule has 3 heteroatoms. The number of carbonyl (C=O) groups is 1. The van der Waals surface area contributed by atoms with Crippen LogP contribution in [0.1, 0.15) is 45.1 Å². The van der Waals surface area contributed by atoms with E-state index in [9.17, 15) is 4.79 Å². The average molecular weight is 345 g/mol. The molecule has 1 heterocycles. The summed E-state index contributed by atoms with van der Waals surface area (Å²) in [6.07, 6.45) is 0.205. The highest BCUT2D eigenvalue weighted by Gasteiger charge is 2.28. The van der Waals surface area contributed by atoms with Gasteiger partial charge in [0.15, 0.2) is 5.78 Å². The van der Waals surface area contributed by atoms with Crippen molar-refractivity contribution in [1.29, 1.82) is 0 Å². The Bertz CT molecular complexity index is 734. The van der Waals surface area contributed by atoms with Crippen molar-refractivity contribution in [3.05, 3.63) is 62.6 Å². The summed E-state index contributed by atoms with van der Waals surface area (Å²) in [5.41, 5.74) is 5.45. The summed E-state index contributed by atoms with van der Waals surface area (Å²) in [5, 5.41) is 0. The van der Waals surface area contributed by atoms with E-state index in [0.717, 1.165) is 10.0 Å². The van der Waals surface area contributed by atoms with Crippen LogP contribution in [0.3, 0.4) is 0 Å². The van der Waals surface area contributed by atoms with Crippen LogP contribution in [-0.4, -0.2) is 5.78 Å². The second-order valence-electron chi connectivity index (χ2n) is 5.67. The highest BCUT2D eigenvalue weighted by atomic mass is 79.9. The van der Waals surface area contributed by atoms with Crippen LogP contribution >= 0.6 is 15.9 Å². The van der Waals surface area contributed by atoms with E-state index in [1.165, 1.54) is 16.7 Å². The SMILES string of the molecule is Cc1cc(C)c(C2CC(=O)c3ccc(Br)cc3O2)cc1C. The largest absolute Gasteiger partial charge is 0.484 e. The third kappa shape index (κ3) is 2.62. The lowest BCUT2D eigenvalue weighted by Crippen LogP contribution is -2.21. The van der Waals surface area contributed by atoms with Gasteiger partial charge in [-0.05, 0) is 61.2 Å². The van der Waals surface area contributed by atoms with Crippen molar-refractivity contribution in [3.8, 4) is 5.75 Å². The molecule has 1 atom stereocenters. The van der Waals surface area contributed by atoms with Crippen LogP contribution < -0.4 is 4.74 Å². The first-order chi connectivity index (χ1) is 9.95. The zero-order valence-corrected chi connectivity index (χ0v) is 14.0. The molecular formula is C18H17BrO2. The van der Waals surface area contributed by atoms with Gasteiger partial charge in [0.1, 0.15) is 11.9 Å². The lowest BCUT2D eigenvalue weighted by atomic mass is 9.91. The van der Waals surface area contributed by atoms with Crippen molar-refractivity contribution >= 4 is 21.7 Å². The van der Waals surface area contributed by atoms with Crippen molar-refractivity contribution in [1.82, 2.24) is 0 Å². The summed E-state index contributed by atoms with van der Waals surface area (Å²) in [6.45, 7) is 6.27. The molecule has 3 rings (SSSR count). The van der Waals surface area contributed by atoms with Gasteiger partial charge >= 0.3 is 0 Å². The third-order valence-electron chi connectivity index (χ3n) is 4.11. The molecule has 0 amide bonds. The van der Waals surface area contributed by atoms with E-state index < -0.39 is 0 Å². The number of ether oxygens (including phenoxy) is 1. The maximum atomic E-state index is 12.3. The van der Waals surface area contributed by atoms with Crippen LogP contribution in [0.2, 0.25) is 0 Å². The fourth-order valence-corrected chi connectivity index (χ4v) is 3.14. The number of rotatable bonds is 1. The predicted molar refractivity (Wildman–Crippen MR) is 87.1 cm³/mol. The minimum absolute atomic E-state index is 0.145. The van der Waals surface area contributed by atoms with Crippen molar-refractivity contribution in [2.24, 2.45) is 0 Å². The monoisotopic (exact) mass is 344 g/mol. The van der Waals surface area contributed by atoms with E-state index in [1.807, 2.05) is 18.2 Å². The van der Waals surface area contributed by atoms with Crippen molar-refractivity contribution in [2.75, 3.05) is 0 Å². The number of ketones is 1. The van der Waals surface area contributed by atoms with E-state index in [4.69, 9.17) is 4.74 Å². The number of aryl methyl sites for hydroxylation is 3. The topological polar surface area (TPSA) is 26.3 Å². The Morgan fingerprint density at radius 3 is 2.52 bits per heavy atom. The molecule has 0 N–H and O–H groups in total. The van der Waals surface area contributed by atoms with Crippen LogP contribution in [0.5, 0.6) is 5.75 Å². The van der Waals surface area contributed by atoms with Gasteiger partial charge in [0.25, 0.3) is 0 Å². The number of benzene rings is 2. The lowest BCUT2D eigenvalue weighted by Gasteiger charge is -2.27. The quantitative estimate of drug-likeness (QED) is 0.720. The molecule has 1 unspecified atom stereocenters. The lowest BCUT2D eigenvalue weighted by molar-refractivity contribution is 0.0849. The molecule has 0 saturated carbocycles. The van der Waals surface area contributed by atoms with Gasteiger partial charge in [-0.25, -0.2) is 0 Å². The van der Waals surface area contributed by atoms with Crippen LogP contribution in [0.25, 0.3) is 0 Å². The molecule has 0 radical (unpaired) electrons. The fourth-order valence-electron chi connectivity index (χ4n) is 2.80. The number of Topliss-reactive ketones (excluding diaryl/α,β-unsaturated/α-hetero) is 1. The molecule has 0 aliphatic carbocycles. The molecular weight excluding hydrogens is 328 g/mol. The molecule has 0 spiro atoms. The first-order valence-electron chi connectivity index (χ1n) is 7.03. The maximum absolute atomic E-state index is 12.3. The zero-order chi connectivity index (χ0) is 15.1. The molecule has 0 bridgehead atoms. The minimum Gasteiger partial charge on any atom is -0.484 e. The number of hydrogen-bond acceptors (Lipinski definition) is 2. The van der Waals surface area contributed by atoms with Crippen LogP contribution in [0, 0.1) is 20.8 Å². The first-order valence-corrected chi connectivity index (χ1v) is 7.82. The molecule has 1 aliphatic rings. The van der Waals surface area contributed by atoms with Crippen LogP contribution in [0.15, 0.2) is 34.8 Å². The van der Waals surface area contributed by atoms with E-state index in [1.54, 1.807) is 0 Å².